The van der Waals surface area contributed by atoms with E-state index in [-0.39, 0.29) is 23.6 Å². The van der Waals surface area contributed by atoms with E-state index in [9.17, 15) is 13.6 Å². The average Bonchev–Trinajstić information content (AvgIpc) is 2.93. The largest absolute Gasteiger partial charge is 0.489 e. The third-order valence-electron chi connectivity index (χ3n) is 4.50. The Morgan fingerprint density at radius 2 is 2.11 bits per heavy atom. The predicted octanol–water partition coefficient (Wildman–Crippen LogP) is 4.52. The van der Waals surface area contributed by atoms with Crippen LogP contribution in [0.1, 0.15) is 24.5 Å². The summed E-state index contributed by atoms with van der Waals surface area (Å²) in [6.07, 6.45) is 0.851. The number of rotatable bonds is 6. The number of carbonyl (C=O) groups is 1. The van der Waals surface area contributed by atoms with Crippen LogP contribution in [0.2, 0.25) is 0 Å². The highest BCUT2D eigenvalue weighted by Gasteiger charge is 2.31. The molecule has 1 aliphatic heterocycles. The molecule has 1 fully saturated rings. The number of benzene rings is 2. The Hall–Kier alpha value is -2.12. The highest BCUT2D eigenvalue weighted by molar-refractivity contribution is 8.14. The van der Waals surface area contributed by atoms with E-state index in [1.54, 1.807) is 24.3 Å². The number of nitrogens with two attached hydrogens (primary N) is 1. The van der Waals surface area contributed by atoms with E-state index in [1.165, 1.54) is 18.2 Å². The van der Waals surface area contributed by atoms with Gasteiger partial charge in [-0.3, -0.25) is 9.69 Å². The molecule has 0 spiro atoms. The maximum atomic E-state index is 14.5. The van der Waals surface area contributed by atoms with Crippen molar-refractivity contribution in [2.45, 2.75) is 31.9 Å². The number of likely N-dealkylation sites (tertiary alicyclic amines) is 1. The third-order valence-corrected chi connectivity index (χ3v) is 5.50. The van der Waals surface area contributed by atoms with E-state index in [0.29, 0.717) is 29.3 Å². The fourth-order valence-corrected chi connectivity index (χ4v) is 4.27. The SMILES string of the molecule is C[C@H]1CC(SC(N)=O)N(Cc2ccc(OCc3cccc(F)c3)cc2F)C1. The number of hydrogen-bond donors (Lipinski definition) is 1. The van der Waals surface area contributed by atoms with Crippen molar-refractivity contribution in [2.24, 2.45) is 11.7 Å². The van der Waals surface area contributed by atoms with Crippen LogP contribution in [0, 0.1) is 17.6 Å². The number of ether oxygens (including phenoxy) is 1. The van der Waals surface area contributed by atoms with Crippen LogP contribution in [-0.4, -0.2) is 22.1 Å². The van der Waals surface area contributed by atoms with Gasteiger partial charge < -0.3 is 10.5 Å². The monoisotopic (exact) mass is 392 g/mol. The predicted molar refractivity (Wildman–Crippen MR) is 102 cm³/mol. The summed E-state index contributed by atoms with van der Waals surface area (Å²) < 4.78 is 33.3. The van der Waals surface area contributed by atoms with E-state index < -0.39 is 5.24 Å². The minimum absolute atomic E-state index is 0.0270. The molecule has 0 saturated carbocycles. The standard InChI is InChI=1S/C20H22F2N2O2S/c1-13-7-19(27-20(23)25)24(10-13)11-15-5-6-17(9-18(15)22)26-12-14-3-2-4-16(21)8-14/h2-6,8-9,13,19H,7,10-12H2,1H3,(H2,23,25)/t13-,19?/m0/s1. The van der Waals surface area contributed by atoms with Crippen LogP contribution in [-0.2, 0) is 13.2 Å². The first-order valence-corrected chi connectivity index (χ1v) is 9.64. The molecule has 3 rings (SSSR count). The molecule has 1 amide bonds. The number of thioether (sulfide) groups is 1. The Morgan fingerprint density at radius 1 is 1.30 bits per heavy atom. The highest BCUT2D eigenvalue weighted by Crippen LogP contribution is 2.32. The zero-order valence-corrected chi connectivity index (χ0v) is 15.8. The van der Waals surface area contributed by atoms with Gasteiger partial charge >= 0.3 is 0 Å². The summed E-state index contributed by atoms with van der Waals surface area (Å²) in [5.41, 5.74) is 6.51. The molecule has 0 bridgehead atoms. The quantitative estimate of drug-likeness (QED) is 0.785. The van der Waals surface area contributed by atoms with Crippen molar-refractivity contribution in [3.05, 3.63) is 65.2 Å². The van der Waals surface area contributed by atoms with Gasteiger partial charge in [-0.25, -0.2) is 8.78 Å². The Bertz CT molecular complexity index is 818. The summed E-state index contributed by atoms with van der Waals surface area (Å²) >= 11 is 1.10. The van der Waals surface area contributed by atoms with Crippen molar-refractivity contribution in [3.8, 4) is 5.75 Å². The molecule has 7 heteroatoms. The fraction of sp³-hybridized carbons (Fsp3) is 0.350. The average molecular weight is 392 g/mol. The van der Waals surface area contributed by atoms with Gasteiger partial charge in [0.05, 0.1) is 5.37 Å². The van der Waals surface area contributed by atoms with Crippen LogP contribution in [0.3, 0.4) is 0 Å². The maximum Gasteiger partial charge on any atom is 0.278 e. The molecule has 1 aliphatic rings. The Labute approximate surface area is 161 Å². The molecular formula is C20H22F2N2O2S. The normalized spacial score (nSPS) is 20.0. The van der Waals surface area contributed by atoms with Gasteiger partial charge in [0.15, 0.2) is 0 Å². The van der Waals surface area contributed by atoms with E-state index in [1.807, 2.05) is 0 Å². The number of halogens is 2. The lowest BCUT2D eigenvalue weighted by atomic mass is 10.1. The van der Waals surface area contributed by atoms with E-state index in [2.05, 4.69) is 11.8 Å². The van der Waals surface area contributed by atoms with Crippen LogP contribution in [0.15, 0.2) is 42.5 Å². The van der Waals surface area contributed by atoms with Crippen LogP contribution in [0.5, 0.6) is 5.75 Å². The van der Waals surface area contributed by atoms with Gasteiger partial charge in [0.2, 0.25) is 0 Å². The van der Waals surface area contributed by atoms with Crippen molar-refractivity contribution >= 4 is 17.0 Å². The summed E-state index contributed by atoms with van der Waals surface area (Å²) in [5, 5.41) is -0.443. The van der Waals surface area contributed by atoms with Crippen LogP contribution < -0.4 is 10.5 Å². The lowest BCUT2D eigenvalue weighted by molar-refractivity contribution is 0.265. The molecule has 27 heavy (non-hydrogen) atoms. The van der Waals surface area contributed by atoms with Crippen molar-refractivity contribution in [2.75, 3.05) is 6.54 Å². The second-order valence-electron chi connectivity index (χ2n) is 6.83. The lowest BCUT2D eigenvalue weighted by Crippen LogP contribution is -2.29. The van der Waals surface area contributed by atoms with Crippen LogP contribution >= 0.6 is 11.8 Å². The minimum Gasteiger partial charge on any atom is -0.489 e. The van der Waals surface area contributed by atoms with Gasteiger partial charge in [-0.05, 0) is 47.9 Å². The lowest BCUT2D eigenvalue weighted by Gasteiger charge is -2.23. The molecule has 1 unspecified atom stereocenters. The molecule has 2 aromatic rings. The Kier molecular flexibility index (Phi) is 6.34. The number of primary amides is 1. The second kappa shape index (κ2) is 8.71. The summed E-state index contributed by atoms with van der Waals surface area (Å²) in [6, 6.07) is 10.8. The zero-order valence-electron chi connectivity index (χ0n) is 15.0. The van der Waals surface area contributed by atoms with Crippen LogP contribution in [0.25, 0.3) is 0 Å². The molecule has 2 aromatic carbocycles. The minimum atomic E-state index is -0.416. The van der Waals surface area contributed by atoms with Gasteiger partial charge in [-0.1, -0.05) is 25.1 Å². The number of hydrogen-bond acceptors (Lipinski definition) is 4. The summed E-state index contributed by atoms with van der Waals surface area (Å²) in [5.74, 6) is 0.118. The van der Waals surface area contributed by atoms with E-state index in [4.69, 9.17) is 10.5 Å². The van der Waals surface area contributed by atoms with Crippen molar-refractivity contribution in [1.29, 1.82) is 0 Å². The van der Waals surface area contributed by atoms with Gasteiger partial charge in [0, 0.05) is 24.7 Å². The van der Waals surface area contributed by atoms with E-state index >= 15 is 0 Å². The molecule has 1 heterocycles. The molecule has 2 atom stereocenters. The summed E-state index contributed by atoms with van der Waals surface area (Å²) in [7, 11) is 0. The smallest absolute Gasteiger partial charge is 0.278 e. The number of carbonyl (C=O) groups excluding carboxylic acids is 1. The second-order valence-corrected chi connectivity index (χ2v) is 8.02. The molecule has 0 aromatic heterocycles. The molecule has 1 saturated heterocycles. The van der Waals surface area contributed by atoms with Gasteiger partial charge in [-0.15, -0.1) is 0 Å². The van der Waals surface area contributed by atoms with Crippen molar-refractivity contribution in [3.63, 3.8) is 0 Å². The van der Waals surface area contributed by atoms with Gasteiger partial charge in [-0.2, -0.15) is 0 Å². The third kappa shape index (κ3) is 5.43. The Morgan fingerprint density at radius 3 is 2.81 bits per heavy atom. The first kappa shape index (κ1) is 19.6. The van der Waals surface area contributed by atoms with Crippen molar-refractivity contribution < 1.29 is 18.3 Å². The number of amides is 1. The van der Waals surface area contributed by atoms with Gasteiger partial charge in [0.1, 0.15) is 24.0 Å². The first-order chi connectivity index (χ1) is 12.9. The molecular weight excluding hydrogens is 370 g/mol. The molecule has 144 valence electrons. The topological polar surface area (TPSA) is 55.6 Å². The highest BCUT2D eigenvalue weighted by atomic mass is 32.2. The fourth-order valence-electron chi connectivity index (χ4n) is 3.27. The van der Waals surface area contributed by atoms with Crippen LogP contribution in [0.4, 0.5) is 13.6 Å². The van der Waals surface area contributed by atoms with Crippen molar-refractivity contribution in [1.82, 2.24) is 4.90 Å². The molecule has 0 aliphatic carbocycles. The molecule has 0 radical (unpaired) electrons. The Balaban J connectivity index is 1.63. The number of nitrogens with zero attached hydrogens (tertiary/aromatic N) is 1. The molecule has 2 N–H and O–H groups in total. The summed E-state index contributed by atoms with van der Waals surface area (Å²) in [6.45, 7) is 3.47. The first-order valence-electron chi connectivity index (χ1n) is 8.76. The molecule has 4 nitrogen and oxygen atoms in total. The van der Waals surface area contributed by atoms with E-state index in [0.717, 1.165) is 24.7 Å². The van der Waals surface area contributed by atoms with Gasteiger partial charge in [0.25, 0.3) is 5.24 Å². The maximum absolute atomic E-state index is 14.5. The zero-order chi connectivity index (χ0) is 19.4. The summed E-state index contributed by atoms with van der Waals surface area (Å²) in [4.78, 5) is 13.3.